The molecule has 2 atom stereocenters. The standard InChI is InChI=1S/C63H49BN4/c1-61(2)49-28-19-29-50-59(49)66-58-47(34-38-20-11-12-25-42(38)55(58)61)54-53(67-52-31-16-14-27-48(52)62(3)32-17-18-33-63(62,67)4)37-44-46-36-41(65(39-21-7-5-8-22-39)40-23-9-6-10-24-40)35-45-43-26-13-15-30-51(43)68(57(45)46)64(50)56(44)60(54)66/h5-16,19-31,34-37H,17-18,32-33H2,1-4H3. The van der Waals surface area contributed by atoms with Crippen LogP contribution in [0.5, 0.6) is 0 Å². The zero-order valence-corrected chi connectivity index (χ0v) is 38.9. The Morgan fingerprint density at radius 3 is 2.01 bits per heavy atom. The first-order valence-corrected chi connectivity index (χ1v) is 24.9. The Kier molecular flexibility index (Phi) is 6.92. The third-order valence-corrected chi connectivity index (χ3v) is 18.1. The lowest BCUT2D eigenvalue weighted by atomic mass is 9.45. The van der Waals surface area contributed by atoms with Crippen LogP contribution in [0.25, 0.3) is 71.2 Å². The van der Waals surface area contributed by atoms with E-state index in [0.29, 0.717) is 0 Å². The lowest BCUT2D eigenvalue weighted by Gasteiger charge is -2.50. The molecular weight excluding hydrogens is 824 g/mol. The molecule has 0 saturated heterocycles. The van der Waals surface area contributed by atoms with E-state index in [1.54, 1.807) is 0 Å². The number of para-hydroxylation sites is 5. The second-order valence-electron chi connectivity index (χ2n) is 21.5. The van der Waals surface area contributed by atoms with E-state index < -0.39 is 0 Å². The van der Waals surface area contributed by atoms with Crippen LogP contribution in [-0.2, 0) is 10.8 Å². The van der Waals surface area contributed by atoms with Crippen molar-refractivity contribution in [3.63, 3.8) is 0 Å². The molecule has 5 aliphatic rings. The Morgan fingerprint density at radius 1 is 0.515 bits per heavy atom. The molecule has 16 rings (SSSR count). The summed E-state index contributed by atoms with van der Waals surface area (Å²) in [6.07, 6.45) is 4.81. The molecule has 2 aromatic heterocycles. The zero-order valence-electron chi connectivity index (χ0n) is 38.9. The minimum Gasteiger partial charge on any atom is -0.375 e. The van der Waals surface area contributed by atoms with Gasteiger partial charge >= 0.3 is 6.85 Å². The minimum atomic E-state index is -0.253. The van der Waals surface area contributed by atoms with Gasteiger partial charge in [0.1, 0.15) is 0 Å². The molecule has 4 aliphatic heterocycles. The largest absolute Gasteiger partial charge is 0.375 e. The van der Waals surface area contributed by atoms with Crippen molar-refractivity contribution in [1.82, 2.24) is 9.05 Å². The van der Waals surface area contributed by atoms with Crippen LogP contribution in [-0.4, -0.2) is 21.4 Å². The SMILES string of the molecule is CC1(C)c2cccc3c2-n2c4c1c1ccccc1cc4c1c(N4c5ccccc5C5(C)CCCCC45C)cc4c(c12)B3n1c2ccccc2c2cc(N(c3ccccc3)c3ccccc3)cc-4c21. The predicted molar refractivity (Wildman–Crippen MR) is 287 cm³/mol. The second kappa shape index (κ2) is 12.5. The molecule has 11 aromatic rings. The number of hydrogen-bond donors (Lipinski definition) is 0. The monoisotopic (exact) mass is 872 g/mol. The highest BCUT2D eigenvalue weighted by Crippen LogP contribution is 2.63. The highest BCUT2D eigenvalue weighted by atomic mass is 15.3. The molecule has 9 aromatic carbocycles. The van der Waals surface area contributed by atoms with Gasteiger partial charge in [-0.2, -0.15) is 0 Å². The molecule has 0 amide bonds. The van der Waals surface area contributed by atoms with Gasteiger partial charge < -0.3 is 18.8 Å². The van der Waals surface area contributed by atoms with Crippen molar-refractivity contribution in [1.29, 1.82) is 0 Å². The first kappa shape index (κ1) is 37.6. The number of benzene rings is 9. The molecule has 2 unspecified atom stereocenters. The van der Waals surface area contributed by atoms with E-state index in [-0.39, 0.29) is 23.2 Å². The Morgan fingerprint density at radius 2 is 1.21 bits per heavy atom. The fourth-order valence-corrected chi connectivity index (χ4v) is 15.1. The topological polar surface area (TPSA) is 16.3 Å². The Labute approximate surface area is 396 Å². The fraction of sp³-hybridized carbons (Fsp3) is 0.175. The Balaban J connectivity index is 1.14. The molecule has 5 heteroatoms. The highest BCUT2D eigenvalue weighted by molar-refractivity contribution is 6.90. The van der Waals surface area contributed by atoms with Gasteiger partial charge in [-0.1, -0.05) is 149 Å². The van der Waals surface area contributed by atoms with Crippen LogP contribution in [0.3, 0.4) is 0 Å². The molecule has 1 fully saturated rings. The summed E-state index contributed by atoms with van der Waals surface area (Å²) >= 11 is 0. The van der Waals surface area contributed by atoms with E-state index in [2.05, 4.69) is 222 Å². The number of rotatable bonds is 4. The van der Waals surface area contributed by atoms with Crippen molar-refractivity contribution in [2.24, 2.45) is 0 Å². The van der Waals surface area contributed by atoms with Crippen LogP contribution in [0.15, 0.2) is 176 Å². The Bertz CT molecular complexity index is 4030. The summed E-state index contributed by atoms with van der Waals surface area (Å²) < 4.78 is 5.53. The molecular formula is C63H49BN4. The molecule has 0 N–H and O–H groups in total. The first-order valence-electron chi connectivity index (χ1n) is 24.9. The van der Waals surface area contributed by atoms with Crippen molar-refractivity contribution in [3.8, 4) is 16.8 Å². The Hall–Kier alpha value is -7.50. The van der Waals surface area contributed by atoms with Gasteiger partial charge in [0.05, 0.1) is 22.3 Å². The lowest BCUT2D eigenvalue weighted by molar-refractivity contribution is 0.195. The average Bonchev–Trinajstić information content (AvgIpc) is 3.96. The summed E-state index contributed by atoms with van der Waals surface area (Å²) in [6.45, 7) is 10.1. The van der Waals surface area contributed by atoms with Crippen molar-refractivity contribution >= 4 is 101 Å². The van der Waals surface area contributed by atoms with Gasteiger partial charge in [-0.3, -0.25) is 0 Å². The van der Waals surface area contributed by atoms with Crippen molar-refractivity contribution < 1.29 is 0 Å². The summed E-state index contributed by atoms with van der Waals surface area (Å²) in [7, 11) is 0. The number of anilines is 5. The third-order valence-electron chi connectivity index (χ3n) is 18.1. The molecule has 324 valence electrons. The van der Waals surface area contributed by atoms with E-state index in [4.69, 9.17) is 0 Å². The van der Waals surface area contributed by atoms with Gasteiger partial charge in [-0.15, -0.1) is 0 Å². The van der Waals surface area contributed by atoms with Crippen molar-refractivity contribution in [2.75, 3.05) is 9.80 Å². The van der Waals surface area contributed by atoms with Gasteiger partial charge in [-0.05, 0) is 124 Å². The summed E-state index contributed by atoms with van der Waals surface area (Å²) in [6, 6.07) is 67.3. The molecule has 1 aliphatic carbocycles. The van der Waals surface area contributed by atoms with Crippen molar-refractivity contribution in [3.05, 3.63) is 193 Å². The van der Waals surface area contributed by atoms with Crippen LogP contribution in [0.1, 0.15) is 70.1 Å². The number of fused-ring (bicyclic) bond motifs is 12. The fourth-order valence-electron chi connectivity index (χ4n) is 15.1. The summed E-state index contributed by atoms with van der Waals surface area (Å²) in [5, 5.41) is 8.01. The van der Waals surface area contributed by atoms with E-state index in [0.717, 1.165) is 23.5 Å². The maximum absolute atomic E-state index is 2.88. The summed E-state index contributed by atoms with van der Waals surface area (Å²) in [4.78, 5) is 5.34. The zero-order chi connectivity index (χ0) is 45.0. The number of nitrogens with zero attached hydrogens (tertiary/aromatic N) is 4. The van der Waals surface area contributed by atoms with Crippen LogP contribution in [0, 0.1) is 0 Å². The predicted octanol–water partition coefficient (Wildman–Crippen LogP) is 14.8. The van der Waals surface area contributed by atoms with Crippen LogP contribution >= 0.6 is 0 Å². The van der Waals surface area contributed by atoms with Gasteiger partial charge in [-0.25, -0.2) is 0 Å². The third kappa shape index (κ3) is 4.24. The minimum absolute atomic E-state index is 0.00108. The van der Waals surface area contributed by atoms with Crippen LogP contribution < -0.4 is 20.7 Å². The van der Waals surface area contributed by atoms with Crippen molar-refractivity contribution in [2.45, 2.75) is 69.7 Å². The van der Waals surface area contributed by atoms with E-state index in [9.17, 15) is 0 Å². The smallest absolute Gasteiger partial charge is 0.333 e. The van der Waals surface area contributed by atoms with Gasteiger partial charge in [0.15, 0.2) is 0 Å². The van der Waals surface area contributed by atoms with Gasteiger partial charge in [0, 0.05) is 77.4 Å². The summed E-state index contributed by atoms with van der Waals surface area (Å²) in [5.41, 5.74) is 22.3. The van der Waals surface area contributed by atoms with E-state index >= 15 is 0 Å². The number of aromatic nitrogens is 2. The van der Waals surface area contributed by atoms with E-state index in [1.165, 1.54) is 129 Å². The molecule has 1 saturated carbocycles. The molecule has 68 heavy (non-hydrogen) atoms. The highest BCUT2D eigenvalue weighted by Gasteiger charge is 2.58. The second-order valence-corrected chi connectivity index (χ2v) is 21.5. The van der Waals surface area contributed by atoms with Gasteiger partial charge in [0.25, 0.3) is 0 Å². The quantitative estimate of drug-likeness (QED) is 0.164. The lowest BCUT2D eigenvalue weighted by Crippen LogP contribution is -2.57. The van der Waals surface area contributed by atoms with Gasteiger partial charge in [0.2, 0.25) is 0 Å². The summed E-state index contributed by atoms with van der Waals surface area (Å²) in [5.74, 6) is 0. The normalized spacial score (nSPS) is 20.0. The molecule has 0 radical (unpaired) electrons. The molecule has 6 heterocycles. The maximum atomic E-state index is 2.88. The molecule has 4 nitrogen and oxygen atoms in total. The van der Waals surface area contributed by atoms with E-state index in [1.807, 2.05) is 0 Å². The number of hydrogen-bond acceptors (Lipinski definition) is 2. The van der Waals surface area contributed by atoms with Crippen LogP contribution in [0.2, 0.25) is 0 Å². The average molecular weight is 873 g/mol. The maximum Gasteiger partial charge on any atom is 0.333 e. The van der Waals surface area contributed by atoms with Crippen LogP contribution in [0.4, 0.5) is 28.4 Å². The first-order chi connectivity index (χ1) is 33.3. The molecule has 0 bridgehead atoms. The molecule has 0 spiro atoms.